The molecule has 174 valence electrons. The van der Waals surface area contributed by atoms with E-state index in [1.165, 1.54) is 11.1 Å². The summed E-state index contributed by atoms with van der Waals surface area (Å²) in [4.78, 5) is 2.44. The highest BCUT2D eigenvalue weighted by atomic mass is 16.5. The lowest BCUT2D eigenvalue weighted by Crippen LogP contribution is -2.46. The Morgan fingerprint density at radius 1 is 0.788 bits per heavy atom. The predicted octanol–water partition coefficient (Wildman–Crippen LogP) is 5.41. The maximum atomic E-state index is 11.0. The topological polar surface area (TPSA) is 41.9 Å². The molecule has 3 aromatic rings. The van der Waals surface area contributed by atoms with Crippen molar-refractivity contribution in [2.75, 3.05) is 26.2 Å². The average Bonchev–Trinajstić information content (AvgIpc) is 2.84. The number of aliphatic hydroxyl groups is 1. The van der Waals surface area contributed by atoms with Gasteiger partial charge in [0.1, 0.15) is 6.61 Å². The molecule has 0 unspecified atom stereocenters. The zero-order valence-corrected chi connectivity index (χ0v) is 19.6. The summed E-state index contributed by atoms with van der Waals surface area (Å²) in [6, 6.07) is 26.6. The van der Waals surface area contributed by atoms with Gasteiger partial charge in [-0.05, 0) is 49.4 Å². The molecular formula is C29H35NO3. The van der Waals surface area contributed by atoms with Gasteiger partial charge in [-0.15, -0.1) is 0 Å². The van der Waals surface area contributed by atoms with Crippen molar-refractivity contribution in [1.29, 1.82) is 0 Å². The normalized spacial score (nSPS) is 15.8. The summed E-state index contributed by atoms with van der Waals surface area (Å²) in [5.41, 5.74) is 3.03. The van der Waals surface area contributed by atoms with Crippen molar-refractivity contribution >= 4 is 0 Å². The first-order valence-electron chi connectivity index (χ1n) is 12.0. The Balaban J connectivity index is 1.18. The van der Waals surface area contributed by atoms with Crippen LogP contribution in [-0.2, 0) is 13.0 Å². The molecule has 4 heteroatoms. The number of ether oxygens (including phenoxy) is 2. The molecule has 0 aromatic heterocycles. The highest BCUT2D eigenvalue weighted by Gasteiger charge is 2.32. The van der Waals surface area contributed by atoms with E-state index >= 15 is 0 Å². The van der Waals surface area contributed by atoms with Crippen LogP contribution in [0.25, 0.3) is 0 Å². The Bertz CT molecular complexity index is 979. The first-order valence-corrected chi connectivity index (χ1v) is 12.0. The van der Waals surface area contributed by atoms with Crippen molar-refractivity contribution in [1.82, 2.24) is 4.90 Å². The SMILES string of the molecule is Cc1ccc(CC2(O)CCN(CCCOc3ccccc3OCc3ccccc3)CC2)cc1. The number of para-hydroxylation sites is 2. The number of hydrogen-bond acceptors (Lipinski definition) is 4. The summed E-state index contributed by atoms with van der Waals surface area (Å²) in [7, 11) is 0. The van der Waals surface area contributed by atoms with E-state index in [1.807, 2.05) is 42.5 Å². The zero-order chi connectivity index (χ0) is 22.9. The number of nitrogens with zero attached hydrogens (tertiary/aromatic N) is 1. The van der Waals surface area contributed by atoms with E-state index < -0.39 is 5.60 Å². The summed E-state index contributed by atoms with van der Waals surface area (Å²) in [6.07, 6.45) is 3.32. The Morgan fingerprint density at radius 2 is 1.42 bits per heavy atom. The first-order chi connectivity index (χ1) is 16.1. The fraction of sp³-hybridized carbons (Fsp3) is 0.379. The standard InChI is InChI=1S/C29H35NO3/c1-24-12-14-25(15-13-24)22-29(31)16-19-30(20-17-29)18-7-21-32-27-10-5-6-11-28(27)33-23-26-8-3-2-4-9-26/h2-6,8-15,31H,7,16-23H2,1H3. The summed E-state index contributed by atoms with van der Waals surface area (Å²) < 4.78 is 12.0. The maximum Gasteiger partial charge on any atom is 0.161 e. The van der Waals surface area contributed by atoms with Gasteiger partial charge in [0.15, 0.2) is 11.5 Å². The van der Waals surface area contributed by atoms with Gasteiger partial charge < -0.3 is 19.5 Å². The first kappa shape index (κ1) is 23.3. The summed E-state index contributed by atoms with van der Waals surface area (Å²) in [6.45, 7) is 6.11. The second-order valence-electron chi connectivity index (χ2n) is 9.15. The molecule has 1 saturated heterocycles. The minimum atomic E-state index is -0.586. The van der Waals surface area contributed by atoms with Crippen LogP contribution in [-0.4, -0.2) is 41.8 Å². The summed E-state index contributed by atoms with van der Waals surface area (Å²) >= 11 is 0. The monoisotopic (exact) mass is 445 g/mol. The van der Waals surface area contributed by atoms with Gasteiger partial charge in [0.25, 0.3) is 0 Å². The highest BCUT2D eigenvalue weighted by Crippen LogP contribution is 2.28. The maximum absolute atomic E-state index is 11.0. The predicted molar refractivity (Wildman–Crippen MR) is 133 cm³/mol. The summed E-state index contributed by atoms with van der Waals surface area (Å²) in [5.74, 6) is 1.57. The molecule has 1 N–H and O–H groups in total. The zero-order valence-electron chi connectivity index (χ0n) is 19.6. The van der Waals surface area contributed by atoms with Crippen LogP contribution in [0.4, 0.5) is 0 Å². The van der Waals surface area contributed by atoms with Crippen molar-refractivity contribution in [2.24, 2.45) is 0 Å². The molecule has 0 atom stereocenters. The molecular weight excluding hydrogens is 410 g/mol. The average molecular weight is 446 g/mol. The number of piperidine rings is 1. The fourth-order valence-electron chi connectivity index (χ4n) is 4.35. The number of benzene rings is 3. The number of likely N-dealkylation sites (tertiary alicyclic amines) is 1. The van der Waals surface area contributed by atoms with Crippen LogP contribution >= 0.6 is 0 Å². The van der Waals surface area contributed by atoms with Gasteiger partial charge in [-0.2, -0.15) is 0 Å². The smallest absolute Gasteiger partial charge is 0.161 e. The Hall–Kier alpha value is -2.82. The lowest BCUT2D eigenvalue weighted by molar-refractivity contribution is -0.0212. The van der Waals surface area contributed by atoms with Gasteiger partial charge in [-0.25, -0.2) is 0 Å². The van der Waals surface area contributed by atoms with Crippen molar-refractivity contribution in [3.8, 4) is 11.5 Å². The van der Waals surface area contributed by atoms with Gasteiger partial charge in [0.05, 0.1) is 12.2 Å². The van der Waals surface area contributed by atoms with E-state index in [0.717, 1.165) is 62.4 Å². The van der Waals surface area contributed by atoms with Gasteiger partial charge in [-0.1, -0.05) is 72.3 Å². The van der Waals surface area contributed by atoms with Crippen LogP contribution < -0.4 is 9.47 Å². The van der Waals surface area contributed by atoms with Crippen molar-refractivity contribution in [3.05, 3.63) is 95.6 Å². The molecule has 3 aromatic carbocycles. The Kier molecular flexibility index (Phi) is 8.03. The van der Waals surface area contributed by atoms with E-state index in [9.17, 15) is 5.11 Å². The molecule has 0 amide bonds. The second kappa shape index (κ2) is 11.4. The van der Waals surface area contributed by atoms with Crippen LogP contribution in [0.5, 0.6) is 11.5 Å². The van der Waals surface area contributed by atoms with E-state index in [0.29, 0.717) is 13.2 Å². The summed E-state index contributed by atoms with van der Waals surface area (Å²) in [5, 5.41) is 11.0. The molecule has 1 fully saturated rings. The molecule has 4 nitrogen and oxygen atoms in total. The molecule has 0 spiro atoms. The van der Waals surface area contributed by atoms with Crippen LogP contribution in [0.15, 0.2) is 78.9 Å². The Labute approximate surface area is 197 Å². The van der Waals surface area contributed by atoms with Crippen LogP contribution in [0.1, 0.15) is 36.0 Å². The largest absolute Gasteiger partial charge is 0.490 e. The molecule has 0 aliphatic carbocycles. The van der Waals surface area contributed by atoms with E-state index in [4.69, 9.17) is 9.47 Å². The Morgan fingerprint density at radius 3 is 2.12 bits per heavy atom. The third-order valence-electron chi connectivity index (χ3n) is 6.40. The van der Waals surface area contributed by atoms with Gasteiger partial charge in [0, 0.05) is 26.1 Å². The molecule has 0 bridgehead atoms. The second-order valence-corrected chi connectivity index (χ2v) is 9.15. The minimum absolute atomic E-state index is 0.528. The number of hydrogen-bond donors (Lipinski definition) is 1. The van der Waals surface area contributed by atoms with Crippen LogP contribution in [0.2, 0.25) is 0 Å². The van der Waals surface area contributed by atoms with Gasteiger partial charge in [-0.3, -0.25) is 0 Å². The van der Waals surface area contributed by atoms with Crippen molar-refractivity contribution in [2.45, 2.75) is 44.8 Å². The number of rotatable bonds is 10. The van der Waals surface area contributed by atoms with Gasteiger partial charge in [0.2, 0.25) is 0 Å². The van der Waals surface area contributed by atoms with Crippen molar-refractivity contribution < 1.29 is 14.6 Å². The van der Waals surface area contributed by atoms with Crippen LogP contribution in [0.3, 0.4) is 0 Å². The quantitative estimate of drug-likeness (QED) is 0.424. The number of aryl methyl sites for hydroxylation is 1. The lowest BCUT2D eigenvalue weighted by Gasteiger charge is -2.38. The van der Waals surface area contributed by atoms with E-state index in [1.54, 1.807) is 0 Å². The highest BCUT2D eigenvalue weighted by molar-refractivity contribution is 5.39. The molecule has 1 aliphatic heterocycles. The third-order valence-corrected chi connectivity index (χ3v) is 6.40. The molecule has 4 rings (SSSR count). The fourth-order valence-corrected chi connectivity index (χ4v) is 4.35. The molecule has 0 saturated carbocycles. The van der Waals surface area contributed by atoms with E-state index in [2.05, 4.69) is 48.2 Å². The molecule has 0 radical (unpaired) electrons. The third kappa shape index (κ3) is 7.08. The van der Waals surface area contributed by atoms with Crippen LogP contribution in [0, 0.1) is 6.92 Å². The van der Waals surface area contributed by atoms with Gasteiger partial charge >= 0.3 is 0 Å². The minimum Gasteiger partial charge on any atom is -0.490 e. The molecule has 33 heavy (non-hydrogen) atoms. The van der Waals surface area contributed by atoms with E-state index in [-0.39, 0.29) is 0 Å². The van der Waals surface area contributed by atoms with Crippen molar-refractivity contribution in [3.63, 3.8) is 0 Å². The lowest BCUT2D eigenvalue weighted by atomic mass is 9.85. The molecule has 1 heterocycles. The molecule has 1 aliphatic rings.